The Labute approximate surface area is 159 Å². The van der Waals surface area contributed by atoms with Crippen molar-refractivity contribution in [2.45, 2.75) is 71.4 Å². The van der Waals surface area contributed by atoms with Gasteiger partial charge in [0.1, 0.15) is 0 Å². The van der Waals surface area contributed by atoms with Crippen LogP contribution >= 0.6 is 0 Å². The summed E-state index contributed by atoms with van der Waals surface area (Å²) in [7, 11) is 1.72. The van der Waals surface area contributed by atoms with Gasteiger partial charge >= 0.3 is 0 Å². The van der Waals surface area contributed by atoms with Crippen LogP contribution in [0.3, 0.4) is 0 Å². The molecule has 2 unspecified atom stereocenters. The first-order valence-corrected chi connectivity index (χ1v) is 10.5. The molecule has 2 aliphatic rings. The minimum Gasteiger partial charge on any atom is -0.359 e. The Morgan fingerprint density at radius 3 is 2.54 bits per heavy atom. The molecule has 26 heavy (non-hydrogen) atoms. The molecule has 0 saturated carbocycles. The Morgan fingerprint density at radius 2 is 1.92 bits per heavy atom. The van der Waals surface area contributed by atoms with Crippen LogP contribution in [-0.4, -0.2) is 73.5 Å². The molecule has 0 bridgehead atoms. The molecule has 2 fully saturated rings. The van der Waals surface area contributed by atoms with E-state index in [-0.39, 0.29) is 5.91 Å². The molecule has 6 nitrogen and oxygen atoms in total. The summed E-state index contributed by atoms with van der Waals surface area (Å²) in [5, 5.41) is 6.21. The van der Waals surface area contributed by atoms with Crippen molar-refractivity contribution in [2.24, 2.45) is 10.9 Å². The number of amides is 1. The molecule has 2 rings (SSSR count). The molecule has 0 aromatic heterocycles. The monoisotopic (exact) mass is 365 g/mol. The maximum absolute atomic E-state index is 11.6. The topological polar surface area (TPSA) is 60.0 Å². The number of guanidine groups is 1. The van der Waals surface area contributed by atoms with Crippen LogP contribution in [0.4, 0.5) is 0 Å². The number of nitrogens with zero attached hydrogens (tertiary/aromatic N) is 3. The van der Waals surface area contributed by atoms with E-state index in [1.54, 1.807) is 7.05 Å². The molecular formula is C20H39N5O. The van der Waals surface area contributed by atoms with Crippen molar-refractivity contribution in [3.8, 4) is 0 Å². The summed E-state index contributed by atoms with van der Waals surface area (Å²) in [5.41, 5.74) is 0. The van der Waals surface area contributed by atoms with Gasteiger partial charge in [0.05, 0.1) is 6.54 Å². The summed E-state index contributed by atoms with van der Waals surface area (Å²) in [6, 6.07) is 1.17. The van der Waals surface area contributed by atoms with Gasteiger partial charge in [0.15, 0.2) is 5.96 Å². The second-order valence-electron chi connectivity index (χ2n) is 7.93. The standard InChI is InChI=1S/C20H39N5O/c1-5-22-20(23-15-17(3)25-11-7-6-8-16(25)2)24-12-9-18(10-13-24)14-19(26)21-4/h16-18H,5-15H2,1-4H3,(H,21,26)(H,22,23). The third-order valence-electron chi connectivity index (χ3n) is 5.93. The van der Waals surface area contributed by atoms with Crippen molar-refractivity contribution in [3.63, 3.8) is 0 Å². The quantitative estimate of drug-likeness (QED) is 0.559. The van der Waals surface area contributed by atoms with E-state index in [4.69, 9.17) is 4.99 Å². The van der Waals surface area contributed by atoms with E-state index in [1.165, 1.54) is 25.8 Å². The first-order chi connectivity index (χ1) is 12.5. The lowest BCUT2D eigenvalue weighted by Crippen LogP contribution is -2.48. The number of hydrogen-bond donors (Lipinski definition) is 2. The lowest BCUT2D eigenvalue weighted by molar-refractivity contribution is -0.121. The second-order valence-corrected chi connectivity index (χ2v) is 7.93. The van der Waals surface area contributed by atoms with Crippen LogP contribution in [-0.2, 0) is 4.79 Å². The molecule has 6 heteroatoms. The van der Waals surface area contributed by atoms with Crippen LogP contribution in [0.2, 0.25) is 0 Å². The summed E-state index contributed by atoms with van der Waals surface area (Å²) < 4.78 is 0. The number of likely N-dealkylation sites (tertiary alicyclic amines) is 2. The van der Waals surface area contributed by atoms with Gasteiger partial charge in [-0.25, -0.2) is 0 Å². The number of carbonyl (C=O) groups is 1. The molecule has 0 aromatic carbocycles. The van der Waals surface area contributed by atoms with Gasteiger partial charge in [-0.3, -0.25) is 14.7 Å². The number of piperidine rings is 2. The minimum atomic E-state index is 0.161. The first kappa shape index (κ1) is 21.0. The van der Waals surface area contributed by atoms with E-state index in [9.17, 15) is 4.79 Å². The normalized spacial score (nSPS) is 24.4. The van der Waals surface area contributed by atoms with Gasteiger partial charge in [-0.15, -0.1) is 0 Å². The summed E-state index contributed by atoms with van der Waals surface area (Å²) in [5.74, 6) is 1.71. The molecule has 2 aliphatic heterocycles. The van der Waals surface area contributed by atoms with Gasteiger partial charge in [0, 0.05) is 45.2 Å². The van der Waals surface area contributed by atoms with E-state index in [0.29, 0.717) is 24.4 Å². The average molecular weight is 366 g/mol. The Balaban J connectivity index is 1.87. The van der Waals surface area contributed by atoms with Crippen molar-refractivity contribution in [3.05, 3.63) is 0 Å². The average Bonchev–Trinajstić information content (AvgIpc) is 2.66. The number of aliphatic imine (C=N–C) groups is 1. The first-order valence-electron chi connectivity index (χ1n) is 10.5. The predicted octanol–water partition coefficient (Wildman–Crippen LogP) is 2.06. The summed E-state index contributed by atoms with van der Waals surface area (Å²) in [6.45, 7) is 11.7. The fraction of sp³-hybridized carbons (Fsp3) is 0.900. The lowest BCUT2D eigenvalue weighted by atomic mass is 9.93. The Bertz CT molecular complexity index is 459. The van der Waals surface area contributed by atoms with Crippen LogP contribution in [0.1, 0.15) is 59.3 Å². The van der Waals surface area contributed by atoms with Crippen molar-refractivity contribution in [1.82, 2.24) is 20.4 Å². The highest BCUT2D eigenvalue weighted by Crippen LogP contribution is 2.21. The second kappa shape index (κ2) is 10.8. The fourth-order valence-electron chi connectivity index (χ4n) is 4.24. The van der Waals surface area contributed by atoms with Gasteiger partial charge < -0.3 is 15.5 Å². The van der Waals surface area contributed by atoms with E-state index >= 15 is 0 Å². The van der Waals surface area contributed by atoms with Crippen LogP contribution < -0.4 is 10.6 Å². The maximum atomic E-state index is 11.6. The number of rotatable bonds is 6. The molecule has 0 radical (unpaired) electrons. The van der Waals surface area contributed by atoms with Gasteiger partial charge in [-0.1, -0.05) is 6.42 Å². The molecule has 2 N–H and O–H groups in total. The molecule has 1 amide bonds. The van der Waals surface area contributed by atoms with E-state index in [2.05, 4.69) is 41.2 Å². The SMILES string of the molecule is CCNC(=NCC(C)N1CCCCC1C)N1CCC(CC(=O)NC)CC1. The van der Waals surface area contributed by atoms with Crippen LogP contribution in [0.15, 0.2) is 4.99 Å². The van der Waals surface area contributed by atoms with E-state index in [0.717, 1.165) is 45.0 Å². The Morgan fingerprint density at radius 1 is 1.19 bits per heavy atom. The zero-order valence-corrected chi connectivity index (χ0v) is 17.3. The van der Waals surface area contributed by atoms with Gasteiger partial charge in [0.2, 0.25) is 5.91 Å². The molecule has 2 saturated heterocycles. The van der Waals surface area contributed by atoms with Crippen LogP contribution in [0.25, 0.3) is 0 Å². The largest absolute Gasteiger partial charge is 0.359 e. The highest BCUT2D eigenvalue weighted by Gasteiger charge is 2.25. The highest BCUT2D eigenvalue weighted by atomic mass is 16.1. The smallest absolute Gasteiger partial charge is 0.220 e. The third-order valence-corrected chi connectivity index (χ3v) is 5.93. The Hall–Kier alpha value is -1.30. The Kier molecular flexibility index (Phi) is 8.69. The van der Waals surface area contributed by atoms with Crippen LogP contribution in [0, 0.1) is 5.92 Å². The summed E-state index contributed by atoms with van der Waals surface area (Å²) in [6.07, 6.45) is 6.78. The number of nitrogens with one attached hydrogen (secondary N) is 2. The molecular weight excluding hydrogens is 326 g/mol. The molecule has 0 aliphatic carbocycles. The van der Waals surface area contributed by atoms with Gasteiger partial charge in [-0.2, -0.15) is 0 Å². The highest BCUT2D eigenvalue weighted by molar-refractivity contribution is 5.80. The van der Waals surface area contributed by atoms with Crippen molar-refractivity contribution >= 4 is 11.9 Å². The summed E-state index contributed by atoms with van der Waals surface area (Å²) in [4.78, 5) is 21.5. The van der Waals surface area contributed by atoms with Crippen molar-refractivity contribution in [2.75, 3.05) is 39.8 Å². The minimum absolute atomic E-state index is 0.161. The number of carbonyl (C=O) groups excluding carboxylic acids is 1. The van der Waals surface area contributed by atoms with Gasteiger partial charge in [-0.05, 0) is 58.9 Å². The van der Waals surface area contributed by atoms with Crippen molar-refractivity contribution in [1.29, 1.82) is 0 Å². The molecule has 2 heterocycles. The van der Waals surface area contributed by atoms with E-state index < -0.39 is 0 Å². The van der Waals surface area contributed by atoms with Gasteiger partial charge in [0.25, 0.3) is 0 Å². The third kappa shape index (κ3) is 6.15. The zero-order valence-electron chi connectivity index (χ0n) is 17.3. The summed E-state index contributed by atoms with van der Waals surface area (Å²) >= 11 is 0. The number of hydrogen-bond acceptors (Lipinski definition) is 3. The zero-order chi connectivity index (χ0) is 18.9. The maximum Gasteiger partial charge on any atom is 0.220 e. The molecule has 150 valence electrons. The van der Waals surface area contributed by atoms with E-state index in [1.807, 2.05) is 0 Å². The van der Waals surface area contributed by atoms with Crippen LogP contribution in [0.5, 0.6) is 0 Å². The molecule has 2 atom stereocenters. The fourth-order valence-corrected chi connectivity index (χ4v) is 4.24. The molecule has 0 aromatic rings. The predicted molar refractivity (Wildman–Crippen MR) is 108 cm³/mol. The van der Waals surface area contributed by atoms with Crippen molar-refractivity contribution < 1.29 is 4.79 Å². The molecule has 0 spiro atoms. The lowest BCUT2D eigenvalue weighted by Gasteiger charge is -2.38.